The molecule has 1 saturated heterocycles. The highest BCUT2D eigenvalue weighted by atomic mass is 16.5. The van der Waals surface area contributed by atoms with Crippen molar-refractivity contribution in [3.05, 3.63) is 84.6 Å². The third kappa shape index (κ3) is 4.02. The normalized spacial score (nSPS) is 13.9. The average molecular weight is 411 g/mol. The first kappa shape index (κ1) is 19.0. The van der Waals surface area contributed by atoms with Crippen molar-refractivity contribution < 1.29 is 9.32 Å². The van der Waals surface area contributed by atoms with Crippen molar-refractivity contribution >= 4 is 11.7 Å². The molecule has 7 heteroatoms. The molecule has 7 nitrogen and oxygen atoms in total. The van der Waals surface area contributed by atoms with Crippen molar-refractivity contribution in [2.75, 3.05) is 31.1 Å². The summed E-state index contributed by atoms with van der Waals surface area (Å²) < 4.78 is 5.41. The zero-order valence-electron chi connectivity index (χ0n) is 16.9. The molecule has 31 heavy (non-hydrogen) atoms. The first-order valence-electron chi connectivity index (χ1n) is 10.2. The third-order valence-electron chi connectivity index (χ3n) is 5.38. The fraction of sp³-hybridized carbons (Fsp3) is 0.167. The topological polar surface area (TPSA) is 75.4 Å². The average Bonchev–Trinajstić information content (AvgIpc) is 3.35. The minimum absolute atomic E-state index is 0.0303. The van der Waals surface area contributed by atoms with Gasteiger partial charge in [-0.05, 0) is 36.4 Å². The van der Waals surface area contributed by atoms with Gasteiger partial charge in [-0.2, -0.15) is 4.98 Å². The molecule has 1 aliphatic rings. The molecule has 1 amide bonds. The van der Waals surface area contributed by atoms with Crippen molar-refractivity contribution in [3.8, 4) is 22.8 Å². The smallest absolute Gasteiger partial charge is 0.258 e. The Hall–Kier alpha value is -4.00. The number of rotatable bonds is 4. The molecule has 0 unspecified atom stereocenters. The first-order valence-corrected chi connectivity index (χ1v) is 10.2. The molecule has 1 aliphatic heterocycles. The largest absolute Gasteiger partial charge is 0.353 e. The van der Waals surface area contributed by atoms with Gasteiger partial charge >= 0.3 is 0 Å². The van der Waals surface area contributed by atoms with E-state index >= 15 is 0 Å². The SMILES string of the molecule is O=C(c1ccc(-c2nc(-c3ccccc3)no2)cc1)N1CCN(c2ccccn2)CC1. The highest BCUT2D eigenvalue weighted by Gasteiger charge is 2.23. The Morgan fingerprint density at radius 2 is 1.55 bits per heavy atom. The minimum atomic E-state index is 0.0303. The van der Waals surface area contributed by atoms with Crippen LogP contribution in [0.15, 0.2) is 83.5 Å². The summed E-state index contributed by atoms with van der Waals surface area (Å²) >= 11 is 0. The van der Waals surface area contributed by atoms with Crippen LogP contribution in [0.25, 0.3) is 22.8 Å². The Labute approximate surface area is 180 Å². The van der Waals surface area contributed by atoms with Gasteiger partial charge in [0.1, 0.15) is 5.82 Å². The number of anilines is 1. The molecule has 154 valence electrons. The van der Waals surface area contributed by atoms with E-state index < -0.39 is 0 Å². The highest BCUT2D eigenvalue weighted by molar-refractivity contribution is 5.94. The Bertz CT molecular complexity index is 1150. The van der Waals surface area contributed by atoms with E-state index in [2.05, 4.69) is 20.0 Å². The quantitative estimate of drug-likeness (QED) is 0.509. The Morgan fingerprint density at radius 3 is 2.26 bits per heavy atom. The van der Waals surface area contributed by atoms with Crippen LogP contribution in [0.3, 0.4) is 0 Å². The van der Waals surface area contributed by atoms with Gasteiger partial charge in [0.2, 0.25) is 5.82 Å². The van der Waals surface area contributed by atoms with Crippen LogP contribution in [-0.2, 0) is 0 Å². The number of piperazine rings is 1. The lowest BCUT2D eigenvalue weighted by Crippen LogP contribution is -2.49. The number of benzene rings is 2. The van der Waals surface area contributed by atoms with Crippen LogP contribution < -0.4 is 4.90 Å². The van der Waals surface area contributed by atoms with Crippen LogP contribution >= 0.6 is 0 Å². The summed E-state index contributed by atoms with van der Waals surface area (Å²) in [6.45, 7) is 2.87. The number of hydrogen-bond acceptors (Lipinski definition) is 6. The molecule has 2 aromatic carbocycles. The van der Waals surface area contributed by atoms with Gasteiger partial charge in [-0.15, -0.1) is 0 Å². The Morgan fingerprint density at radius 1 is 0.806 bits per heavy atom. The molecular weight excluding hydrogens is 390 g/mol. The van der Waals surface area contributed by atoms with Crippen LogP contribution in [0.4, 0.5) is 5.82 Å². The zero-order valence-corrected chi connectivity index (χ0v) is 16.9. The maximum absolute atomic E-state index is 12.9. The number of aromatic nitrogens is 3. The summed E-state index contributed by atoms with van der Waals surface area (Å²) in [5.74, 6) is 1.96. The molecule has 3 heterocycles. The summed E-state index contributed by atoms with van der Waals surface area (Å²) in [5, 5.41) is 4.05. The zero-order chi connectivity index (χ0) is 21.0. The molecule has 5 rings (SSSR count). The summed E-state index contributed by atoms with van der Waals surface area (Å²) in [6, 6.07) is 22.9. The van der Waals surface area contributed by atoms with E-state index in [1.807, 2.05) is 77.7 Å². The molecule has 4 aromatic rings. The van der Waals surface area contributed by atoms with Crippen molar-refractivity contribution in [2.45, 2.75) is 0 Å². The molecule has 2 aromatic heterocycles. The lowest BCUT2D eigenvalue weighted by Gasteiger charge is -2.35. The number of nitrogens with zero attached hydrogens (tertiary/aromatic N) is 5. The van der Waals surface area contributed by atoms with Gasteiger partial charge in [0.25, 0.3) is 11.8 Å². The predicted octanol–water partition coefficient (Wildman–Crippen LogP) is 3.76. The van der Waals surface area contributed by atoms with Crippen LogP contribution in [-0.4, -0.2) is 52.1 Å². The van der Waals surface area contributed by atoms with Gasteiger partial charge in [-0.1, -0.05) is 41.6 Å². The maximum atomic E-state index is 12.9. The fourth-order valence-electron chi connectivity index (χ4n) is 3.66. The summed E-state index contributed by atoms with van der Waals surface area (Å²) in [5.41, 5.74) is 2.33. The fourth-order valence-corrected chi connectivity index (χ4v) is 3.66. The summed E-state index contributed by atoms with van der Waals surface area (Å²) in [4.78, 5) is 25.9. The molecule has 0 atom stereocenters. The minimum Gasteiger partial charge on any atom is -0.353 e. The van der Waals surface area contributed by atoms with Crippen LogP contribution in [0.2, 0.25) is 0 Å². The van der Waals surface area contributed by atoms with Crippen LogP contribution in [0.1, 0.15) is 10.4 Å². The lowest BCUT2D eigenvalue weighted by atomic mass is 10.1. The van der Waals surface area contributed by atoms with Gasteiger partial charge in [0.15, 0.2) is 0 Å². The standard InChI is InChI=1S/C24H21N5O2/c30-24(29-16-14-28(15-17-29)21-8-4-5-13-25-21)20-11-9-19(10-12-20)23-26-22(27-31-23)18-6-2-1-3-7-18/h1-13H,14-17H2. The van der Waals surface area contributed by atoms with Gasteiger partial charge in [-0.3, -0.25) is 4.79 Å². The van der Waals surface area contributed by atoms with Gasteiger partial charge in [-0.25, -0.2) is 4.98 Å². The number of amides is 1. The van der Waals surface area contributed by atoms with E-state index in [1.54, 1.807) is 6.20 Å². The molecule has 0 saturated carbocycles. The van der Waals surface area contributed by atoms with E-state index in [9.17, 15) is 4.79 Å². The van der Waals surface area contributed by atoms with Crippen LogP contribution in [0, 0.1) is 0 Å². The van der Waals surface area contributed by atoms with Crippen molar-refractivity contribution in [2.24, 2.45) is 0 Å². The van der Waals surface area contributed by atoms with E-state index in [4.69, 9.17) is 4.52 Å². The maximum Gasteiger partial charge on any atom is 0.258 e. The third-order valence-corrected chi connectivity index (χ3v) is 5.38. The summed E-state index contributed by atoms with van der Waals surface area (Å²) in [7, 11) is 0. The molecule has 0 spiro atoms. The van der Waals surface area contributed by atoms with E-state index in [-0.39, 0.29) is 5.91 Å². The monoisotopic (exact) mass is 411 g/mol. The van der Waals surface area contributed by atoms with E-state index in [0.29, 0.717) is 30.4 Å². The Kier molecular flexibility index (Phi) is 5.14. The van der Waals surface area contributed by atoms with Crippen molar-refractivity contribution in [1.29, 1.82) is 0 Å². The van der Waals surface area contributed by atoms with Gasteiger partial charge in [0, 0.05) is 49.1 Å². The number of hydrogen-bond donors (Lipinski definition) is 0. The van der Waals surface area contributed by atoms with Crippen molar-refractivity contribution in [3.63, 3.8) is 0 Å². The van der Waals surface area contributed by atoms with Gasteiger partial charge < -0.3 is 14.3 Å². The van der Waals surface area contributed by atoms with Gasteiger partial charge in [0.05, 0.1) is 0 Å². The second-order valence-corrected chi connectivity index (χ2v) is 7.33. The predicted molar refractivity (Wildman–Crippen MR) is 118 cm³/mol. The van der Waals surface area contributed by atoms with Crippen molar-refractivity contribution in [1.82, 2.24) is 20.0 Å². The number of carbonyl (C=O) groups excluding carboxylic acids is 1. The molecule has 0 aliphatic carbocycles. The second kappa shape index (κ2) is 8.39. The highest BCUT2D eigenvalue weighted by Crippen LogP contribution is 2.23. The molecular formula is C24H21N5O2. The number of pyridine rings is 1. The second-order valence-electron chi connectivity index (χ2n) is 7.33. The molecule has 1 fully saturated rings. The van der Waals surface area contributed by atoms with E-state index in [1.165, 1.54) is 0 Å². The van der Waals surface area contributed by atoms with Crippen LogP contribution in [0.5, 0.6) is 0 Å². The first-order chi connectivity index (χ1) is 15.3. The van der Waals surface area contributed by atoms with E-state index in [0.717, 1.165) is 30.0 Å². The molecule has 0 bridgehead atoms. The summed E-state index contributed by atoms with van der Waals surface area (Å²) in [6.07, 6.45) is 1.79. The molecule has 0 N–H and O–H groups in total. The Balaban J connectivity index is 1.24. The number of carbonyl (C=O) groups is 1. The molecule has 0 radical (unpaired) electrons. The lowest BCUT2D eigenvalue weighted by molar-refractivity contribution is 0.0746.